The number of hydrogen-bond acceptors (Lipinski definition) is 7. The molecule has 0 fully saturated rings. The van der Waals surface area contributed by atoms with Gasteiger partial charge in [-0.25, -0.2) is 0 Å². The van der Waals surface area contributed by atoms with E-state index in [4.69, 9.17) is 14.2 Å². The number of hydrogen-bond donors (Lipinski definition) is 2. The molecule has 0 aliphatic rings. The summed E-state index contributed by atoms with van der Waals surface area (Å²) in [5.41, 5.74) is -0.0514. The van der Waals surface area contributed by atoms with Crippen molar-refractivity contribution in [1.82, 2.24) is 10.6 Å². The van der Waals surface area contributed by atoms with Crippen LogP contribution in [0.2, 0.25) is 0 Å². The SMILES string of the molecule is COc1cc(C(=O)NCCNC(=O)c2ccccc2[N+](=O)[O-])cc(OC)c1OC. The Morgan fingerprint density at radius 1 is 0.931 bits per heavy atom. The van der Waals surface area contributed by atoms with Crippen LogP contribution in [0.1, 0.15) is 20.7 Å². The van der Waals surface area contributed by atoms with Crippen LogP contribution in [-0.2, 0) is 0 Å². The largest absolute Gasteiger partial charge is 0.493 e. The van der Waals surface area contributed by atoms with Gasteiger partial charge in [0.05, 0.1) is 26.3 Å². The van der Waals surface area contributed by atoms with Gasteiger partial charge in [-0.1, -0.05) is 12.1 Å². The molecule has 0 aliphatic carbocycles. The lowest BCUT2D eigenvalue weighted by Gasteiger charge is -2.14. The first kappa shape index (κ1) is 21.5. The monoisotopic (exact) mass is 403 g/mol. The molecule has 0 aromatic heterocycles. The Morgan fingerprint density at radius 3 is 2.00 bits per heavy atom. The first-order chi connectivity index (χ1) is 13.9. The molecule has 2 aromatic carbocycles. The number of carbonyl (C=O) groups is 2. The van der Waals surface area contributed by atoms with Crippen molar-refractivity contribution in [2.45, 2.75) is 0 Å². The summed E-state index contributed by atoms with van der Waals surface area (Å²) in [5.74, 6) is 0.0233. The number of carbonyl (C=O) groups excluding carboxylic acids is 2. The first-order valence-corrected chi connectivity index (χ1v) is 8.52. The van der Waals surface area contributed by atoms with Gasteiger partial charge in [-0.05, 0) is 18.2 Å². The molecule has 0 saturated heterocycles. The zero-order chi connectivity index (χ0) is 21.4. The lowest BCUT2D eigenvalue weighted by atomic mass is 10.1. The van der Waals surface area contributed by atoms with Gasteiger partial charge in [0.1, 0.15) is 5.56 Å². The van der Waals surface area contributed by atoms with E-state index in [2.05, 4.69) is 10.6 Å². The number of nitro benzene ring substituents is 1. The average molecular weight is 403 g/mol. The molecular formula is C19H21N3O7. The smallest absolute Gasteiger partial charge is 0.282 e. The zero-order valence-corrected chi connectivity index (χ0v) is 16.2. The Hall–Kier alpha value is -3.82. The number of ether oxygens (including phenoxy) is 3. The van der Waals surface area contributed by atoms with Gasteiger partial charge in [0.25, 0.3) is 17.5 Å². The summed E-state index contributed by atoms with van der Waals surface area (Å²) in [6.07, 6.45) is 0. The third-order valence-electron chi connectivity index (χ3n) is 3.97. The van der Waals surface area contributed by atoms with E-state index in [0.717, 1.165) is 0 Å². The van der Waals surface area contributed by atoms with Crippen molar-refractivity contribution < 1.29 is 28.7 Å². The molecule has 10 heteroatoms. The van der Waals surface area contributed by atoms with Crippen LogP contribution in [0.15, 0.2) is 36.4 Å². The lowest BCUT2D eigenvalue weighted by molar-refractivity contribution is -0.385. The minimum Gasteiger partial charge on any atom is -0.493 e. The Kier molecular flexibility index (Phi) is 7.35. The molecule has 154 valence electrons. The molecular weight excluding hydrogens is 382 g/mol. The predicted octanol–water partition coefficient (Wildman–Crippen LogP) is 1.78. The molecule has 2 amide bonds. The number of amides is 2. The Morgan fingerprint density at radius 2 is 1.48 bits per heavy atom. The highest BCUT2D eigenvalue weighted by atomic mass is 16.6. The zero-order valence-electron chi connectivity index (χ0n) is 16.2. The van der Waals surface area contributed by atoms with Crippen LogP contribution < -0.4 is 24.8 Å². The van der Waals surface area contributed by atoms with E-state index in [0.29, 0.717) is 17.2 Å². The normalized spacial score (nSPS) is 10.0. The maximum atomic E-state index is 12.4. The molecule has 0 radical (unpaired) electrons. The molecule has 0 unspecified atom stereocenters. The third-order valence-corrected chi connectivity index (χ3v) is 3.97. The first-order valence-electron chi connectivity index (χ1n) is 8.52. The van der Waals surface area contributed by atoms with E-state index >= 15 is 0 Å². The number of nitro groups is 1. The van der Waals surface area contributed by atoms with E-state index in [-0.39, 0.29) is 29.9 Å². The predicted molar refractivity (Wildman–Crippen MR) is 104 cm³/mol. The van der Waals surface area contributed by atoms with Crippen LogP contribution in [-0.4, -0.2) is 51.2 Å². The second kappa shape index (κ2) is 9.93. The third kappa shape index (κ3) is 5.12. The molecule has 2 rings (SSSR count). The molecule has 0 atom stereocenters. The Labute approximate surface area is 166 Å². The van der Waals surface area contributed by atoms with Crippen molar-refractivity contribution in [2.24, 2.45) is 0 Å². The lowest BCUT2D eigenvalue weighted by Crippen LogP contribution is -2.34. The quantitative estimate of drug-likeness (QED) is 0.371. The highest BCUT2D eigenvalue weighted by Crippen LogP contribution is 2.38. The van der Waals surface area contributed by atoms with Crippen molar-refractivity contribution >= 4 is 17.5 Å². The van der Waals surface area contributed by atoms with E-state index in [9.17, 15) is 19.7 Å². The number of benzene rings is 2. The minimum atomic E-state index is -0.624. The highest BCUT2D eigenvalue weighted by Gasteiger charge is 2.19. The van der Waals surface area contributed by atoms with Crippen molar-refractivity contribution in [1.29, 1.82) is 0 Å². The van der Waals surface area contributed by atoms with E-state index < -0.39 is 16.7 Å². The molecule has 0 saturated carbocycles. The second-order valence-corrected chi connectivity index (χ2v) is 5.70. The fourth-order valence-corrected chi connectivity index (χ4v) is 2.59. The summed E-state index contributed by atoms with van der Waals surface area (Å²) >= 11 is 0. The number of nitrogens with one attached hydrogen (secondary N) is 2. The standard InChI is InChI=1S/C19H21N3O7/c1-27-15-10-12(11-16(28-2)17(15)29-3)18(23)20-8-9-21-19(24)13-6-4-5-7-14(13)22(25)26/h4-7,10-11H,8-9H2,1-3H3,(H,20,23)(H,21,24). The van der Waals surface area contributed by atoms with Crippen molar-refractivity contribution in [3.05, 3.63) is 57.6 Å². The molecule has 0 heterocycles. The number of methoxy groups -OCH3 is 3. The van der Waals surface area contributed by atoms with Gasteiger partial charge in [-0.15, -0.1) is 0 Å². The molecule has 10 nitrogen and oxygen atoms in total. The van der Waals surface area contributed by atoms with Crippen LogP contribution in [0, 0.1) is 10.1 Å². The number of para-hydroxylation sites is 1. The van der Waals surface area contributed by atoms with Crippen molar-refractivity contribution in [3.63, 3.8) is 0 Å². The average Bonchev–Trinajstić information content (AvgIpc) is 2.74. The molecule has 0 bridgehead atoms. The minimum absolute atomic E-state index is 0.0477. The summed E-state index contributed by atoms with van der Waals surface area (Å²) in [5, 5.41) is 16.2. The van der Waals surface area contributed by atoms with Crippen molar-refractivity contribution in [2.75, 3.05) is 34.4 Å². The topological polar surface area (TPSA) is 129 Å². The summed E-state index contributed by atoms with van der Waals surface area (Å²) < 4.78 is 15.6. The van der Waals surface area contributed by atoms with Crippen molar-refractivity contribution in [3.8, 4) is 17.2 Å². The highest BCUT2D eigenvalue weighted by molar-refractivity contribution is 5.98. The Bertz CT molecular complexity index is 889. The molecule has 2 aromatic rings. The van der Waals surface area contributed by atoms with Crippen LogP contribution in [0.4, 0.5) is 5.69 Å². The second-order valence-electron chi connectivity index (χ2n) is 5.70. The number of nitrogens with zero attached hydrogens (tertiary/aromatic N) is 1. The van der Waals surface area contributed by atoms with E-state index in [1.807, 2.05) is 0 Å². The molecule has 0 aliphatic heterocycles. The maximum Gasteiger partial charge on any atom is 0.282 e. The van der Waals surface area contributed by atoms with Gasteiger partial charge in [0.2, 0.25) is 5.75 Å². The summed E-state index contributed by atoms with van der Waals surface area (Å²) in [6, 6.07) is 8.63. The van der Waals surface area contributed by atoms with Crippen LogP contribution >= 0.6 is 0 Å². The van der Waals surface area contributed by atoms with Crippen LogP contribution in [0.5, 0.6) is 17.2 Å². The summed E-state index contributed by atoms with van der Waals surface area (Å²) in [4.78, 5) is 34.9. The summed E-state index contributed by atoms with van der Waals surface area (Å²) in [6.45, 7) is 0.197. The van der Waals surface area contributed by atoms with Crippen LogP contribution in [0.3, 0.4) is 0 Å². The van der Waals surface area contributed by atoms with Gasteiger partial charge in [-0.2, -0.15) is 0 Å². The molecule has 0 spiro atoms. The maximum absolute atomic E-state index is 12.4. The fraction of sp³-hybridized carbons (Fsp3) is 0.263. The number of rotatable bonds is 9. The van der Waals surface area contributed by atoms with Gasteiger partial charge in [0.15, 0.2) is 11.5 Å². The summed E-state index contributed by atoms with van der Waals surface area (Å²) in [7, 11) is 4.34. The van der Waals surface area contributed by atoms with Gasteiger partial charge in [0, 0.05) is 24.7 Å². The van der Waals surface area contributed by atoms with Gasteiger partial charge in [-0.3, -0.25) is 19.7 Å². The Balaban J connectivity index is 1.97. The van der Waals surface area contributed by atoms with E-state index in [1.165, 1.54) is 57.7 Å². The van der Waals surface area contributed by atoms with Gasteiger partial charge < -0.3 is 24.8 Å². The van der Waals surface area contributed by atoms with Crippen LogP contribution in [0.25, 0.3) is 0 Å². The molecule has 29 heavy (non-hydrogen) atoms. The van der Waals surface area contributed by atoms with Gasteiger partial charge >= 0.3 is 0 Å². The van der Waals surface area contributed by atoms with E-state index in [1.54, 1.807) is 0 Å². The fourth-order valence-electron chi connectivity index (χ4n) is 2.59. The molecule has 2 N–H and O–H groups in total.